The van der Waals surface area contributed by atoms with Crippen molar-refractivity contribution < 1.29 is 26.7 Å². The highest BCUT2D eigenvalue weighted by atomic mass is 79.9. The van der Waals surface area contributed by atoms with Crippen molar-refractivity contribution in [1.82, 2.24) is 4.31 Å². The highest BCUT2D eigenvalue weighted by Crippen LogP contribution is 2.29. The maximum Gasteiger partial charge on any atom is 0.270 e. The molecule has 0 bridgehead atoms. The Morgan fingerprint density at radius 3 is 1.48 bits per heavy atom. The summed E-state index contributed by atoms with van der Waals surface area (Å²) >= 11 is 5.98. The van der Waals surface area contributed by atoms with Gasteiger partial charge in [-0.05, 0) is 44.0 Å². The predicted octanol–water partition coefficient (Wildman–Crippen LogP) is 5.31. The molecule has 0 aliphatic heterocycles. The number of non-ortho nitro benzene ring substituents is 2. The van der Waals surface area contributed by atoms with Gasteiger partial charge in [0.2, 0.25) is 10.0 Å². The monoisotopic (exact) mass is 651 g/mol. The van der Waals surface area contributed by atoms with Crippen molar-refractivity contribution in [3.63, 3.8) is 0 Å². The van der Waals surface area contributed by atoms with Crippen molar-refractivity contribution in [2.24, 2.45) is 0 Å². The number of benzene rings is 2. The Kier molecular flexibility index (Phi) is 12.6. The molecule has 0 amide bonds. The molecule has 0 heterocycles. The molecule has 33 heavy (non-hydrogen) atoms. The Balaban J connectivity index is 0.000000558. The van der Waals surface area contributed by atoms with Crippen molar-refractivity contribution in [1.29, 1.82) is 0 Å². The van der Waals surface area contributed by atoms with Crippen molar-refractivity contribution in [3.8, 4) is 0 Å². The summed E-state index contributed by atoms with van der Waals surface area (Å²) in [6.45, 7) is 4.25. The van der Waals surface area contributed by atoms with E-state index in [4.69, 9.17) is 10.7 Å². The number of halogens is 3. The SMILES string of the molecule is CCC.CN(C)S(=O)(=O)c1cc([N+](=O)[O-])ccc1Br.O=[N+]([O-])c1ccc(Br)c(S(=O)(=O)Cl)c1. The molecule has 2 aromatic carbocycles. The Labute approximate surface area is 212 Å². The fourth-order valence-electron chi connectivity index (χ4n) is 1.79. The van der Waals surface area contributed by atoms with E-state index in [9.17, 15) is 37.1 Å². The summed E-state index contributed by atoms with van der Waals surface area (Å²) in [6.07, 6.45) is 1.25. The van der Waals surface area contributed by atoms with Crippen LogP contribution in [-0.4, -0.2) is 45.1 Å². The van der Waals surface area contributed by atoms with Gasteiger partial charge in [-0.15, -0.1) is 0 Å². The molecule has 2 aromatic rings. The van der Waals surface area contributed by atoms with Gasteiger partial charge in [0.25, 0.3) is 20.4 Å². The Hall–Kier alpha value is -1.65. The van der Waals surface area contributed by atoms with Crippen molar-refractivity contribution >= 4 is 73.0 Å². The number of nitro benzene ring substituents is 2. The zero-order valence-electron chi connectivity index (χ0n) is 17.7. The maximum atomic E-state index is 11.8. The van der Waals surface area contributed by atoms with Crippen molar-refractivity contribution in [2.75, 3.05) is 14.1 Å². The lowest BCUT2D eigenvalue weighted by Gasteiger charge is -2.12. The molecule has 0 fully saturated rings. The molecule has 184 valence electrons. The largest absolute Gasteiger partial charge is 0.270 e. The minimum atomic E-state index is -3.97. The van der Waals surface area contributed by atoms with Crippen LogP contribution in [0, 0.1) is 20.2 Å². The Morgan fingerprint density at radius 2 is 1.18 bits per heavy atom. The van der Waals surface area contributed by atoms with Gasteiger partial charge in [0, 0.05) is 58.0 Å². The summed E-state index contributed by atoms with van der Waals surface area (Å²) in [5.74, 6) is 0. The van der Waals surface area contributed by atoms with Crippen LogP contribution in [-0.2, 0) is 19.1 Å². The molecule has 0 aromatic heterocycles. The molecule has 0 radical (unpaired) electrons. The van der Waals surface area contributed by atoms with Crippen molar-refractivity contribution in [2.45, 2.75) is 30.1 Å². The molecule has 0 aliphatic carbocycles. The van der Waals surface area contributed by atoms with Crippen LogP contribution >= 0.6 is 42.5 Å². The van der Waals surface area contributed by atoms with Crippen LogP contribution in [0.1, 0.15) is 20.3 Å². The third kappa shape index (κ3) is 9.62. The van der Waals surface area contributed by atoms with E-state index < -0.39 is 28.9 Å². The Bertz CT molecular complexity index is 1220. The highest BCUT2D eigenvalue weighted by molar-refractivity contribution is 9.10. The van der Waals surface area contributed by atoms with Gasteiger partial charge in [-0.25, -0.2) is 21.1 Å². The Morgan fingerprint density at radius 1 is 0.848 bits per heavy atom. The lowest BCUT2D eigenvalue weighted by Crippen LogP contribution is -2.22. The van der Waals surface area contributed by atoms with Gasteiger partial charge in [-0.3, -0.25) is 20.2 Å². The third-order valence-electron chi connectivity index (χ3n) is 3.27. The van der Waals surface area contributed by atoms with E-state index >= 15 is 0 Å². The van der Waals surface area contributed by atoms with Gasteiger partial charge in [0.15, 0.2) is 0 Å². The smallest absolute Gasteiger partial charge is 0.258 e. The van der Waals surface area contributed by atoms with E-state index in [1.165, 1.54) is 44.8 Å². The molecule has 0 spiro atoms. The molecule has 16 heteroatoms. The number of hydrogen-bond donors (Lipinski definition) is 0. The first-order valence-corrected chi connectivity index (χ1v) is 14.1. The number of rotatable bonds is 5. The number of sulfonamides is 1. The molecule has 2 rings (SSSR count). The number of hydrogen-bond acceptors (Lipinski definition) is 8. The first kappa shape index (κ1) is 31.4. The highest BCUT2D eigenvalue weighted by Gasteiger charge is 2.23. The fraction of sp³-hybridized carbons (Fsp3) is 0.294. The summed E-state index contributed by atoms with van der Waals surface area (Å²) in [7, 11) is 0.133. The van der Waals surface area contributed by atoms with Crippen LogP contribution < -0.4 is 0 Å². The van der Waals surface area contributed by atoms with E-state index in [0.717, 1.165) is 16.4 Å². The number of nitrogens with zero attached hydrogens (tertiary/aromatic N) is 3. The molecule has 0 N–H and O–H groups in total. The molecular formula is C17H20Br2ClN3O8S2. The van der Waals surface area contributed by atoms with E-state index in [2.05, 4.69) is 45.7 Å². The maximum absolute atomic E-state index is 11.8. The minimum absolute atomic E-state index is 0.119. The van der Waals surface area contributed by atoms with Crippen LogP contribution in [0.3, 0.4) is 0 Å². The summed E-state index contributed by atoms with van der Waals surface area (Å²) in [5, 5.41) is 20.9. The predicted molar refractivity (Wildman–Crippen MR) is 131 cm³/mol. The zero-order valence-corrected chi connectivity index (χ0v) is 23.3. The normalized spacial score (nSPS) is 11.0. The summed E-state index contributed by atoms with van der Waals surface area (Å²) < 4.78 is 47.0. The zero-order chi connectivity index (χ0) is 26.1. The van der Waals surface area contributed by atoms with Gasteiger partial charge in [0.05, 0.1) is 9.85 Å². The molecule has 0 saturated heterocycles. The lowest BCUT2D eigenvalue weighted by atomic mass is 10.3. The van der Waals surface area contributed by atoms with Crippen LogP contribution in [0.5, 0.6) is 0 Å². The van der Waals surface area contributed by atoms with Crippen LogP contribution in [0.25, 0.3) is 0 Å². The summed E-state index contributed by atoms with van der Waals surface area (Å²) in [6, 6.07) is 6.93. The molecule has 11 nitrogen and oxygen atoms in total. The van der Waals surface area contributed by atoms with Crippen LogP contribution in [0.15, 0.2) is 55.1 Å². The standard InChI is InChI=1S/C8H9BrN2O4S.C6H3BrClNO4S.C3H8/c1-10(2)16(14,15)8-5-6(11(12)13)3-4-7(8)9;7-5-2-1-4(9(10)11)3-6(5)14(8,12)13;1-3-2/h3-5H,1-2H3;1-3H;3H2,1-2H3. The molecule has 0 atom stereocenters. The van der Waals surface area contributed by atoms with E-state index in [0.29, 0.717) is 4.47 Å². The van der Waals surface area contributed by atoms with E-state index in [1.54, 1.807) is 0 Å². The lowest BCUT2D eigenvalue weighted by molar-refractivity contribution is -0.385. The molecule has 0 aliphatic rings. The van der Waals surface area contributed by atoms with Gasteiger partial charge < -0.3 is 0 Å². The third-order valence-corrected chi connectivity index (χ3v) is 8.40. The average Bonchev–Trinajstić information content (AvgIpc) is 2.68. The summed E-state index contributed by atoms with van der Waals surface area (Å²) in [5.41, 5.74) is -0.587. The van der Waals surface area contributed by atoms with Crippen LogP contribution in [0.2, 0.25) is 0 Å². The second-order valence-electron chi connectivity index (χ2n) is 6.18. The number of nitro groups is 2. The van der Waals surface area contributed by atoms with Gasteiger partial charge in [0.1, 0.15) is 9.79 Å². The first-order valence-electron chi connectivity index (χ1n) is 8.75. The topological polar surface area (TPSA) is 158 Å². The van der Waals surface area contributed by atoms with Gasteiger partial charge in [-0.1, -0.05) is 20.3 Å². The van der Waals surface area contributed by atoms with E-state index in [-0.39, 0.29) is 25.6 Å². The quantitative estimate of drug-likeness (QED) is 0.239. The van der Waals surface area contributed by atoms with Gasteiger partial charge >= 0.3 is 0 Å². The molecular weight excluding hydrogens is 634 g/mol. The second kappa shape index (κ2) is 13.3. The minimum Gasteiger partial charge on any atom is -0.258 e. The fourth-order valence-corrected chi connectivity index (χ4v) is 5.74. The molecule has 0 unspecified atom stereocenters. The van der Waals surface area contributed by atoms with Crippen LogP contribution in [0.4, 0.5) is 11.4 Å². The average molecular weight is 654 g/mol. The molecule has 0 saturated carbocycles. The van der Waals surface area contributed by atoms with Crippen molar-refractivity contribution in [3.05, 3.63) is 65.6 Å². The second-order valence-corrected chi connectivity index (χ2v) is 12.5. The first-order chi connectivity index (χ1) is 15.0. The van der Waals surface area contributed by atoms with Gasteiger partial charge in [-0.2, -0.15) is 0 Å². The summed E-state index contributed by atoms with van der Waals surface area (Å²) in [4.78, 5) is 19.1. The van der Waals surface area contributed by atoms with E-state index in [1.807, 2.05) is 0 Å².